The van der Waals surface area contributed by atoms with E-state index in [-0.39, 0.29) is 12.2 Å². The number of hydrogen-bond acceptors (Lipinski definition) is 2. The minimum atomic E-state index is -0.0582. The normalized spacial score (nSPS) is 10.5. The lowest BCUT2D eigenvalue weighted by atomic mass is 10.0. The van der Waals surface area contributed by atoms with E-state index in [4.69, 9.17) is 28.9 Å². The molecule has 2 nitrogen and oxygen atoms in total. The summed E-state index contributed by atoms with van der Waals surface area (Å²) in [6.07, 6.45) is 0.190. The highest BCUT2D eigenvalue weighted by Crippen LogP contribution is 2.23. The quantitative estimate of drug-likeness (QED) is 0.634. The number of benzene rings is 2. The van der Waals surface area contributed by atoms with Gasteiger partial charge in [0.25, 0.3) is 0 Å². The zero-order valence-corrected chi connectivity index (χ0v) is 12.9. The van der Waals surface area contributed by atoms with Crippen LogP contribution in [0.15, 0.2) is 40.9 Å². The molecule has 0 bridgehead atoms. The Balaban J connectivity index is 2.28. The summed E-state index contributed by atoms with van der Waals surface area (Å²) in [7, 11) is 0. The summed E-state index contributed by atoms with van der Waals surface area (Å²) >= 11 is 15.3. The van der Waals surface area contributed by atoms with E-state index in [0.717, 1.165) is 4.47 Å². The average molecular weight is 359 g/mol. The molecule has 0 radical (unpaired) electrons. The van der Waals surface area contributed by atoms with Gasteiger partial charge in [-0.2, -0.15) is 0 Å². The second kappa shape index (κ2) is 5.95. The largest absolute Gasteiger partial charge is 0.399 e. The van der Waals surface area contributed by atoms with Gasteiger partial charge in [0.1, 0.15) is 0 Å². The first kappa shape index (κ1) is 14.4. The number of ketones is 1. The Morgan fingerprint density at radius 2 is 1.89 bits per heavy atom. The van der Waals surface area contributed by atoms with Crippen molar-refractivity contribution in [3.63, 3.8) is 0 Å². The van der Waals surface area contributed by atoms with E-state index < -0.39 is 0 Å². The minimum Gasteiger partial charge on any atom is -0.399 e. The fourth-order valence-electron chi connectivity index (χ4n) is 1.73. The Hall–Kier alpha value is -1.03. The molecule has 0 fully saturated rings. The monoisotopic (exact) mass is 357 g/mol. The van der Waals surface area contributed by atoms with Crippen LogP contribution in [-0.4, -0.2) is 5.78 Å². The number of hydrogen-bond donors (Lipinski definition) is 1. The van der Waals surface area contributed by atoms with Crippen molar-refractivity contribution in [1.29, 1.82) is 0 Å². The Kier molecular flexibility index (Phi) is 4.50. The van der Waals surface area contributed by atoms with E-state index in [9.17, 15) is 4.79 Å². The molecule has 0 aliphatic heterocycles. The van der Waals surface area contributed by atoms with Gasteiger partial charge < -0.3 is 5.73 Å². The van der Waals surface area contributed by atoms with Crippen LogP contribution >= 0.6 is 39.1 Å². The molecule has 98 valence electrons. The molecule has 2 rings (SSSR count). The molecule has 19 heavy (non-hydrogen) atoms. The van der Waals surface area contributed by atoms with Crippen LogP contribution in [0.25, 0.3) is 0 Å². The van der Waals surface area contributed by atoms with E-state index in [0.29, 0.717) is 26.9 Å². The number of carbonyl (C=O) groups excluding carboxylic acids is 1. The first-order valence-corrected chi connectivity index (χ1v) is 7.04. The van der Waals surface area contributed by atoms with Crippen molar-refractivity contribution in [1.82, 2.24) is 0 Å². The van der Waals surface area contributed by atoms with Crippen molar-refractivity contribution in [2.75, 3.05) is 5.73 Å². The standard InChI is InChI=1S/C14H10BrCl2NO/c15-10-3-9(5-12(18)7-10)14(19)6-8-4-11(16)1-2-13(8)17/h1-5,7H,6,18H2. The molecule has 5 heteroatoms. The van der Waals surface area contributed by atoms with Gasteiger partial charge in [0.15, 0.2) is 5.78 Å². The molecular weight excluding hydrogens is 349 g/mol. The van der Waals surface area contributed by atoms with Crippen LogP contribution in [-0.2, 0) is 6.42 Å². The maximum atomic E-state index is 12.2. The van der Waals surface area contributed by atoms with Gasteiger partial charge in [-0.05, 0) is 42.0 Å². The topological polar surface area (TPSA) is 43.1 Å². The third-order valence-electron chi connectivity index (χ3n) is 2.60. The van der Waals surface area contributed by atoms with Crippen molar-refractivity contribution in [3.05, 3.63) is 62.0 Å². The highest BCUT2D eigenvalue weighted by atomic mass is 79.9. The predicted molar refractivity (Wildman–Crippen MR) is 83.1 cm³/mol. The molecule has 0 aromatic heterocycles. The third kappa shape index (κ3) is 3.72. The summed E-state index contributed by atoms with van der Waals surface area (Å²) in [5, 5.41) is 1.08. The minimum absolute atomic E-state index is 0.0582. The van der Waals surface area contributed by atoms with Gasteiger partial charge in [0, 0.05) is 32.2 Å². The van der Waals surface area contributed by atoms with Gasteiger partial charge in [-0.1, -0.05) is 39.1 Å². The van der Waals surface area contributed by atoms with Crippen LogP contribution in [0.2, 0.25) is 10.0 Å². The molecule has 0 unspecified atom stereocenters. The Labute approximate surface area is 129 Å². The van der Waals surface area contributed by atoms with Crippen molar-refractivity contribution < 1.29 is 4.79 Å². The molecule has 0 amide bonds. The van der Waals surface area contributed by atoms with Gasteiger partial charge in [-0.25, -0.2) is 0 Å². The van der Waals surface area contributed by atoms with E-state index in [2.05, 4.69) is 15.9 Å². The number of nitrogen functional groups attached to an aromatic ring is 1. The summed E-state index contributed by atoms with van der Waals surface area (Å²) in [5.74, 6) is -0.0582. The summed E-state index contributed by atoms with van der Waals surface area (Å²) in [4.78, 5) is 12.2. The number of Topliss-reactive ketones (excluding diaryl/α,β-unsaturated/α-hetero) is 1. The number of nitrogens with two attached hydrogens (primary N) is 1. The first-order valence-electron chi connectivity index (χ1n) is 5.49. The van der Waals surface area contributed by atoms with E-state index in [1.807, 2.05) is 0 Å². The van der Waals surface area contributed by atoms with E-state index in [1.54, 1.807) is 36.4 Å². The highest BCUT2D eigenvalue weighted by Gasteiger charge is 2.11. The zero-order valence-electron chi connectivity index (χ0n) is 9.79. The molecule has 0 aliphatic rings. The number of rotatable bonds is 3. The molecule has 0 saturated carbocycles. The second-order valence-corrected chi connectivity index (χ2v) is 5.87. The highest BCUT2D eigenvalue weighted by molar-refractivity contribution is 9.10. The van der Waals surface area contributed by atoms with E-state index >= 15 is 0 Å². The second-order valence-electron chi connectivity index (χ2n) is 4.11. The Bertz CT molecular complexity index is 623. The lowest BCUT2D eigenvalue weighted by Crippen LogP contribution is -2.05. The van der Waals surface area contributed by atoms with Crippen molar-refractivity contribution in [2.45, 2.75) is 6.42 Å². The summed E-state index contributed by atoms with van der Waals surface area (Å²) in [6, 6.07) is 10.2. The van der Waals surface area contributed by atoms with Crippen LogP contribution in [0.4, 0.5) is 5.69 Å². The summed E-state index contributed by atoms with van der Waals surface area (Å²) in [5.41, 5.74) is 7.50. The lowest BCUT2D eigenvalue weighted by Gasteiger charge is -2.06. The smallest absolute Gasteiger partial charge is 0.167 e. The molecule has 2 aromatic rings. The number of halogens is 3. The van der Waals surface area contributed by atoms with Gasteiger partial charge in [0.2, 0.25) is 0 Å². The average Bonchev–Trinajstić information content (AvgIpc) is 2.32. The van der Waals surface area contributed by atoms with Gasteiger partial charge >= 0.3 is 0 Å². The predicted octanol–water partition coefficient (Wildman–Crippen LogP) is 4.76. The van der Waals surface area contributed by atoms with Crippen LogP contribution in [0.3, 0.4) is 0 Å². The van der Waals surface area contributed by atoms with Crippen molar-refractivity contribution >= 4 is 50.6 Å². The molecular formula is C14H10BrCl2NO. The van der Waals surface area contributed by atoms with Crippen molar-refractivity contribution in [2.24, 2.45) is 0 Å². The molecule has 2 N–H and O–H groups in total. The molecule has 0 spiro atoms. The number of anilines is 1. The van der Waals surface area contributed by atoms with Crippen LogP contribution in [0.5, 0.6) is 0 Å². The summed E-state index contributed by atoms with van der Waals surface area (Å²) in [6.45, 7) is 0. The third-order valence-corrected chi connectivity index (χ3v) is 3.66. The summed E-state index contributed by atoms with van der Waals surface area (Å²) < 4.78 is 0.771. The molecule has 0 atom stereocenters. The Morgan fingerprint density at radius 1 is 1.16 bits per heavy atom. The first-order chi connectivity index (χ1) is 8.95. The van der Waals surface area contributed by atoms with E-state index in [1.165, 1.54) is 0 Å². The number of carbonyl (C=O) groups is 1. The molecule has 2 aromatic carbocycles. The fraction of sp³-hybridized carbons (Fsp3) is 0.0714. The maximum absolute atomic E-state index is 12.2. The van der Waals surface area contributed by atoms with Gasteiger partial charge in [0.05, 0.1) is 0 Å². The van der Waals surface area contributed by atoms with Gasteiger partial charge in [-0.3, -0.25) is 4.79 Å². The SMILES string of the molecule is Nc1cc(Br)cc(C(=O)Cc2cc(Cl)ccc2Cl)c1. The maximum Gasteiger partial charge on any atom is 0.167 e. The fourth-order valence-corrected chi connectivity index (χ4v) is 2.62. The molecule has 0 aliphatic carbocycles. The molecule has 0 heterocycles. The lowest BCUT2D eigenvalue weighted by molar-refractivity contribution is 0.0993. The zero-order chi connectivity index (χ0) is 14.0. The molecule has 0 saturated heterocycles. The van der Waals surface area contributed by atoms with Gasteiger partial charge in [-0.15, -0.1) is 0 Å². The van der Waals surface area contributed by atoms with Crippen LogP contribution < -0.4 is 5.73 Å². The van der Waals surface area contributed by atoms with Crippen molar-refractivity contribution in [3.8, 4) is 0 Å². The van der Waals surface area contributed by atoms with Crippen LogP contribution in [0.1, 0.15) is 15.9 Å². The Morgan fingerprint density at radius 3 is 2.58 bits per heavy atom. The van der Waals surface area contributed by atoms with Crippen LogP contribution in [0, 0.1) is 0 Å².